The number of furan rings is 1. The van der Waals surface area contributed by atoms with Crippen LogP contribution in [0.1, 0.15) is 0 Å². The van der Waals surface area contributed by atoms with Crippen LogP contribution in [0, 0.1) is 0 Å². The quantitative estimate of drug-likeness (QED) is 0.189. The number of para-hydroxylation sites is 4. The van der Waals surface area contributed by atoms with Crippen LogP contribution in [0.2, 0.25) is 0 Å². The van der Waals surface area contributed by atoms with Crippen molar-refractivity contribution >= 4 is 87.4 Å². The summed E-state index contributed by atoms with van der Waals surface area (Å²) in [7, 11) is 0. The Morgan fingerprint density at radius 3 is 1.79 bits per heavy atom. The maximum Gasteiger partial charge on any atom is 0.307 e. The average molecular weight is 666 g/mol. The van der Waals surface area contributed by atoms with Crippen molar-refractivity contribution in [1.29, 1.82) is 0 Å². The van der Waals surface area contributed by atoms with E-state index in [-0.39, 0.29) is 0 Å². The Bertz CT molecular complexity index is 3380. The van der Waals surface area contributed by atoms with Crippen LogP contribution < -0.4 is 0 Å². The minimum Gasteiger partial charge on any atom is -0.455 e. The van der Waals surface area contributed by atoms with E-state index in [0.29, 0.717) is 11.6 Å². The zero-order valence-electron chi connectivity index (χ0n) is 27.7. The number of hydrogen-bond donors (Lipinski definition) is 0. The Morgan fingerprint density at radius 2 is 1.04 bits per heavy atom. The van der Waals surface area contributed by atoms with E-state index in [4.69, 9.17) is 13.8 Å². The molecule has 0 aliphatic carbocycles. The molecule has 242 valence electrons. The van der Waals surface area contributed by atoms with Crippen LogP contribution in [-0.4, -0.2) is 14.1 Å². The van der Waals surface area contributed by atoms with Gasteiger partial charge in [-0.15, -0.1) is 0 Å². The van der Waals surface area contributed by atoms with Gasteiger partial charge in [0.25, 0.3) is 0 Å². The van der Waals surface area contributed by atoms with Gasteiger partial charge in [-0.1, -0.05) is 115 Å². The molecule has 0 saturated carbocycles. The standard InChI is InChI=1S/C47H27N3O2/c1-2-12-29-25-30(22-21-28(29)11-1)37-27-38-46(44-36-16-6-10-20-43(36)51-45(37)44)52-47(48-38)50-41-19-9-5-15-34(41)35-24-23-31(26-42(35)50)49-39-17-7-3-13-32(39)33-14-4-8-18-40(33)49/h1-27H. The van der Waals surface area contributed by atoms with Crippen LogP contribution >= 0.6 is 0 Å². The first kappa shape index (κ1) is 27.7. The molecule has 4 heterocycles. The lowest BCUT2D eigenvalue weighted by molar-refractivity contribution is 0.577. The van der Waals surface area contributed by atoms with Gasteiger partial charge in [0, 0.05) is 38.2 Å². The zero-order valence-corrected chi connectivity index (χ0v) is 27.7. The monoisotopic (exact) mass is 665 g/mol. The van der Waals surface area contributed by atoms with Gasteiger partial charge >= 0.3 is 6.01 Å². The SMILES string of the molecule is c1ccc2cc(-c3cc4nc(-n5c6ccccc6c6ccc(-n7c8ccccc8c8ccccc87)cc65)oc4c4c3oc3ccccc34)ccc2c1. The maximum absolute atomic E-state index is 6.93. The summed E-state index contributed by atoms with van der Waals surface area (Å²) in [6.45, 7) is 0. The number of rotatable bonds is 3. The van der Waals surface area contributed by atoms with Crippen molar-refractivity contribution in [2.45, 2.75) is 0 Å². The summed E-state index contributed by atoms with van der Waals surface area (Å²) in [4.78, 5) is 5.28. The zero-order chi connectivity index (χ0) is 33.9. The summed E-state index contributed by atoms with van der Waals surface area (Å²) in [6, 6.07) is 58.3. The topological polar surface area (TPSA) is 49.0 Å². The number of hydrogen-bond acceptors (Lipinski definition) is 3. The summed E-state index contributed by atoms with van der Waals surface area (Å²) in [5, 5.41) is 9.05. The van der Waals surface area contributed by atoms with E-state index in [1.807, 2.05) is 18.2 Å². The molecule has 5 nitrogen and oxygen atoms in total. The van der Waals surface area contributed by atoms with E-state index >= 15 is 0 Å². The minimum atomic E-state index is 0.516. The first-order valence-corrected chi connectivity index (χ1v) is 17.5. The molecule has 0 amide bonds. The molecule has 0 bridgehead atoms. The van der Waals surface area contributed by atoms with Gasteiger partial charge in [-0.2, -0.15) is 4.98 Å². The van der Waals surface area contributed by atoms with Crippen molar-refractivity contribution in [3.05, 3.63) is 164 Å². The van der Waals surface area contributed by atoms with Crippen molar-refractivity contribution in [1.82, 2.24) is 14.1 Å². The second-order valence-electron chi connectivity index (χ2n) is 13.6. The van der Waals surface area contributed by atoms with Crippen LogP contribution in [0.5, 0.6) is 0 Å². The van der Waals surface area contributed by atoms with E-state index in [9.17, 15) is 0 Å². The molecule has 0 fully saturated rings. The molecule has 0 saturated heterocycles. The van der Waals surface area contributed by atoms with Crippen molar-refractivity contribution in [3.8, 4) is 22.8 Å². The molecule has 52 heavy (non-hydrogen) atoms. The highest BCUT2D eigenvalue weighted by molar-refractivity contribution is 6.21. The van der Waals surface area contributed by atoms with Crippen molar-refractivity contribution < 1.29 is 8.83 Å². The molecule has 12 aromatic rings. The third-order valence-corrected chi connectivity index (χ3v) is 10.7. The van der Waals surface area contributed by atoms with Crippen LogP contribution in [0.25, 0.3) is 110 Å². The van der Waals surface area contributed by atoms with Gasteiger partial charge in [0.1, 0.15) is 16.7 Å². The molecule has 0 spiro atoms. The molecule has 8 aromatic carbocycles. The highest BCUT2D eigenvalue weighted by Gasteiger charge is 2.23. The molecule has 0 aliphatic heterocycles. The fraction of sp³-hybridized carbons (Fsp3) is 0. The molecular formula is C47H27N3O2. The van der Waals surface area contributed by atoms with Crippen LogP contribution in [0.15, 0.2) is 173 Å². The molecule has 0 aliphatic rings. The lowest BCUT2D eigenvalue weighted by Gasteiger charge is -2.09. The summed E-state index contributed by atoms with van der Waals surface area (Å²) in [6.07, 6.45) is 0. The lowest BCUT2D eigenvalue weighted by Crippen LogP contribution is -1.97. The van der Waals surface area contributed by atoms with Gasteiger partial charge in [0.05, 0.1) is 27.5 Å². The Kier molecular flexibility index (Phi) is 5.44. The largest absolute Gasteiger partial charge is 0.455 e. The first-order chi connectivity index (χ1) is 25.8. The highest BCUT2D eigenvalue weighted by atomic mass is 16.4. The number of aromatic nitrogens is 3. The Balaban J connectivity index is 1.15. The van der Waals surface area contributed by atoms with Gasteiger partial charge in [0.2, 0.25) is 0 Å². The van der Waals surface area contributed by atoms with E-state index < -0.39 is 0 Å². The van der Waals surface area contributed by atoms with Crippen LogP contribution in [0.3, 0.4) is 0 Å². The minimum absolute atomic E-state index is 0.516. The molecule has 0 unspecified atom stereocenters. The van der Waals surface area contributed by atoms with Crippen molar-refractivity contribution in [3.63, 3.8) is 0 Å². The van der Waals surface area contributed by atoms with Crippen molar-refractivity contribution in [2.24, 2.45) is 0 Å². The predicted molar refractivity (Wildman–Crippen MR) is 213 cm³/mol. The number of benzene rings is 8. The second-order valence-corrected chi connectivity index (χ2v) is 13.6. The average Bonchev–Trinajstić information content (AvgIpc) is 3.96. The molecule has 12 rings (SSSR count). The highest BCUT2D eigenvalue weighted by Crippen LogP contribution is 2.43. The van der Waals surface area contributed by atoms with E-state index in [0.717, 1.165) is 66.1 Å². The normalized spacial score (nSPS) is 12.2. The van der Waals surface area contributed by atoms with Gasteiger partial charge in [-0.3, -0.25) is 4.57 Å². The van der Waals surface area contributed by atoms with Crippen LogP contribution in [-0.2, 0) is 0 Å². The molecule has 0 atom stereocenters. The van der Waals surface area contributed by atoms with E-state index in [1.54, 1.807) is 0 Å². The van der Waals surface area contributed by atoms with Gasteiger partial charge in [-0.25, -0.2) is 0 Å². The lowest BCUT2D eigenvalue weighted by atomic mass is 9.98. The number of nitrogens with zero attached hydrogens (tertiary/aromatic N) is 3. The fourth-order valence-electron chi connectivity index (χ4n) is 8.43. The Morgan fingerprint density at radius 1 is 0.423 bits per heavy atom. The number of fused-ring (bicyclic) bond motifs is 12. The van der Waals surface area contributed by atoms with Gasteiger partial charge in [0.15, 0.2) is 5.58 Å². The molecule has 5 heteroatoms. The maximum atomic E-state index is 6.93. The van der Waals surface area contributed by atoms with E-state index in [2.05, 4.69) is 155 Å². The summed E-state index contributed by atoms with van der Waals surface area (Å²) >= 11 is 0. The molecule has 0 N–H and O–H groups in total. The summed E-state index contributed by atoms with van der Waals surface area (Å²) in [5.41, 5.74) is 10.6. The van der Waals surface area contributed by atoms with Crippen molar-refractivity contribution in [2.75, 3.05) is 0 Å². The summed E-state index contributed by atoms with van der Waals surface area (Å²) < 4.78 is 18.1. The number of oxazole rings is 1. The third-order valence-electron chi connectivity index (χ3n) is 10.7. The third kappa shape index (κ3) is 3.74. The molecular weight excluding hydrogens is 639 g/mol. The smallest absolute Gasteiger partial charge is 0.307 e. The fourth-order valence-corrected chi connectivity index (χ4v) is 8.43. The molecule has 4 aromatic heterocycles. The molecule has 0 radical (unpaired) electrons. The van der Waals surface area contributed by atoms with Gasteiger partial charge in [-0.05, 0) is 64.9 Å². The predicted octanol–water partition coefficient (Wildman–Crippen LogP) is 12.7. The van der Waals surface area contributed by atoms with Crippen LogP contribution in [0.4, 0.5) is 0 Å². The van der Waals surface area contributed by atoms with E-state index in [1.165, 1.54) is 32.6 Å². The Hall–Kier alpha value is -7.11. The first-order valence-electron chi connectivity index (χ1n) is 17.5. The second kappa shape index (κ2) is 10.2. The Labute approximate surface area is 296 Å². The van der Waals surface area contributed by atoms with Gasteiger partial charge < -0.3 is 13.4 Å². The summed E-state index contributed by atoms with van der Waals surface area (Å²) in [5.74, 6) is 0.